The summed E-state index contributed by atoms with van der Waals surface area (Å²) in [5, 5.41) is 13.1. The second-order valence-corrected chi connectivity index (χ2v) is 9.06. The van der Waals surface area contributed by atoms with E-state index in [1.54, 1.807) is 12.3 Å². The molecule has 1 unspecified atom stereocenters. The van der Waals surface area contributed by atoms with Gasteiger partial charge in [0, 0.05) is 11.1 Å². The molecule has 7 heteroatoms. The van der Waals surface area contributed by atoms with Gasteiger partial charge < -0.3 is 5.32 Å². The Balaban J connectivity index is 1.58. The van der Waals surface area contributed by atoms with Gasteiger partial charge in [-0.2, -0.15) is 5.26 Å². The number of hydrogen-bond donors (Lipinski definition) is 2. The van der Waals surface area contributed by atoms with E-state index in [9.17, 15) is 9.00 Å². The van der Waals surface area contributed by atoms with Gasteiger partial charge in [0.05, 0.1) is 0 Å². The van der Waals surface area contributed by atoms with E-state index >= 15 is 0 Å². The van der Waals surface area contributed by atoms with Crippen molar-refractivity contribution in [3.05, 3.63) is 69.6 Å². The van der Waals surface area contributed by atoms with Crippen LogP contribution in [0.5, 0.6) is 0 Å². The molecule has 2 aliphatic carbocycles. The zero-order valence-electron chi connectivity index (χ0n) is 16.0. The molecule has 0 aromatic heterocycles. The molecule has 2 amide bonds. The van der Waals surface area contributed by atoms with Crippen LogP contribution in [0.25, 0.3) is 6.08 Å². The molecule has 0 heterocycles. The number of carbonyl (C=O) groups excluding carboxylic acids is 1. The molecule has 6 nitrogen and oxygen atoms in total. The molecule has 0 fully saturated rings. The average Bonchev–Trinajstić information content (AvgIpc) is 3.36. The van der Waals surface area contributed by atoms with Crippen LogP contribution in [0.3, 0.4) is 0 Å². The summed E-state index contributed by atoms with van der Waals surface area (Å²) >= 11 is 0. The topological polar surface area (TPSA) is 94.3 Å². The van der Waals surface area contributed by atoms with E-state index < -0.39 is 15.9 Å². The first-order valence-electron chi connectivity index (χ1n) is 9.71. The van der Waals surface area contributed by atoms with Crippen molar-refractivity contribution in [3.8, 4) is 6.19 Å². The molecular weight excluding hydrogens is 384 g/mol. The molecule has 0 saturated carbocycles. The van der Waals surface area contributed by atoms with E-state index in [0.717, 1.165) is 49.8 Å². The van der Waals surface area contributed by atoms with Crippen molar-refractivity contribution in [1.29, 1.82) is 5.26 Å². The van der Waals surface area contributed by atoms with Crippen LogP contribution in [0, 0.1) is 11.5 Å². The van der Waals surface area contributed by atoms with Crippen molar-refractivity contribution in [2.45, 2.75) is 38.5 Å². The largest absolute Gasteiger partial charge is 0.331 e. The summed E-state index contributed by atoms with van der Waals surface area (Å²) in [4.78, 5) is 12.7. The highest BCUT2D eigenvalue weighted by Crippen LogP contribution is 2.38. The van der Waals surface area contributed by atoms with Gasteiger partial charge in [0.15, 0.2) is 9.92 Å². The predicted molar refractivity (Wildman–Crippen MR) is 114 cm³/mol. The molecule has 0 radical (unpaired) electrons. The fraction of sp³-hybridized carbons (Fsp3) is 0.273. The van der Waals surface area contributed by atoms with Gasteiger partial charge >= 0.3 is 6.03 Å². The first-order valence-corrected chi connectivity index (χ1v) is 11.3. The minimum absolute atomic E-state index is 0.610. The predicted octanol–water partition coefficient (Wildman–Crippen LogP) is 4.32. The summed E-state index contributed by atoms with van der Waals surface area (Å²) in [6.07, 6.45) is 9.22. The molecule has 2 N–H and O–H groups in total. The highest BCUT2D eigenvalue weighted by Gasteiger charge is 2.25. The highest BCUT2D eigenvalue weighted by molar-refractivity contribution is 7.95. The van der Waals surface area contributed by atoms with Crippen LogP contribution >= 0.6 is 0 Å². The van der Waals surface area contributed by atoms with Crippen molar-refractivity contribution in [1.82, 2.24) is 4.72 Å². The second-order valence-electron chi connectivity index (χ2n) is 7.26. The number of anilines is 1. The van der Waals surface area contributed by atoms with E-state index in [-0.39, 0.29) is 0 Å². The number of fused-ring (bicyclic) bond motifs is 2. The van der Waals surface area contributed by atoms with Gasteiger partial charge in [-0.1, -0.05) is 40.8 Å². The Morgan fingerprint density at radius 3 is 2.34 bits per heavy atom. The Bertz CT molecular complexity index is 1110. The monoisotopic (exact) mass is 406 g/mol. The lowest BCUT2D eigenvalue weighted by molar-refractivity contribution is 0.257. The van der Waals surface area contributed by atoms with Gasteiger partial charge in [0.25, 0.3) is 0 Å². The summed E-state index contributed by atoms with van der Waals surface area (Å²) in [6.45, 7) is 0. The summed E-state index contributed by atoms with van der Waals surface area (Å²) in [5.41, 5.74) is 6.62. The average molecular weight is 407 g/mol. The maximum absolute atomic E-state index is 13.0. The van der Waals surface area contributed by atoms with Crippen molar-refractivity contribution >= 4 is 27.7 Å². The third kappa shape index (κ3) is 4.17. The molecular formula is C22H22N4O2S. The van der Waals surface area contributed by atoms with Crippen LogP contribution in [-0.4, -0.2) is 10.2 Å². The SMILES string of the molecule is N#CN=S(=O)(/C=C/c1ccccc1)NC(=O)Nc1c2c(cc3c1CCC3)CCC2. The van der Waals surface area contributed by atoms with Gasteiger partial charge in [-0.25, -0.2) is 13.7 Å². The number of aryl methyl sites for hydroxylation is 2. The van der Waals surface area contributed by atoms with Crippen LogP contribution in [-0.2, 0) is 35.6 Å². The maximum Gasteiger partial charge on any atom is 0.331 e. The standard InChI is InChI=1S/C22H22N4O2S/c23-15-24-29(28,13-12-16-6-2-1-3-7-16)26-22(27)25-21-19-10-4-8-17(19)14-18-9-5-11-20(18)21/h1-3,6-7,12-14H,4-5,8-11H2,(H2,24,25,26,27,28)/b13-12+. The molecule has 0 bridgehead atoms. The number of nitrogens with one attached hydrogen (secondary N) is 2. The Labute approximate surface area is 171 Å². The lowest BCUT2D eigenvalue weighted by Gasteiger charge is -2.16. The highest BCUT2D eigenvalue weighted by atomic mass is 32.2. The zero-order chi connectivity index (χ0) is 20.3. The van der Waals surface area contributed by atoms with E-state index in [1.165, 1.54) is 27.7 Å². The number of urea groups is 1. The van der Waals surface area contributed by atoms with E-state index in [1.807, 2.05) is 30.3 Å². The van der Waals surface area contributed by atoms with E-state index in [2.05, 4.69) is 20.5 Å². The molecule has 4 rings (SSSR count). The summed E-state index contributed by atoms with van der Waals surface area (Å²) < 4.78 is 18.8. The van der Waals surface area contributed by atoms with Crippen molar-refractivity contribution in [2.75, 3.05) is 5.32 Å². The van der Waals surface area contributed by atoms with Gasteiger partial charge in [-0.3, -0.25) is 0 Å². The third-order valence-electron chi connectivity index (χ3n) is 5.37. The third-order valence-corrected chi connectivity index (χ3v) is 6.71. The fourth-order valence-electron chi connectivity index (χ4n) is 4.12. The van der Waals surface area contributed by atoms with Crippen LogP contribution in [0.1, 0.15) is 40.7 Å². The maximum atomic E-state index is 13.0. The Kier molecular flexibility index (Phi) is 5.36. The normalized spacial score (nSPS) is 16.5. The lowest BCUT2D eigenvalue weighted by atomic mass is 9.99. The van der Waals surface area contributed by atoms with Crippen LogP contribution < -0.4 is 10.0 Å². The van der Waals surface area contributed by atoms with Crippen molar-refractivity contribution in [3.63, 3.8) is 0 Å². The number of rotatable bonds is 4. The van der Waals surface area contributed by atoms with Gasteiger partial charge in [-0.05, 0) is 72.4 Å². The van der Waals surface area contributed by atoms with Crippen LogP contribution in [0.15, 0.2) is 46.2 Å². The lowest BCUT2D eigenvalue weighted by Crippen LogP contribution is -2.33. The summed E-state index contributed by atoms with van der Waals surface area (Å²) in [7, 11) is -3.36. The number of carbonyl (C=O) groups is 1. The Morgan fingerprint density at radius 1 is 1.07 bits per heavy atom. The summed E-state index contributed by atoms with van der Waals surface area (Å²) in [6, 6.07) is 10.9. The molecule has 1 atom stereocenters. The quantitative estimate of drug-likeness (QED) is 0.740. The first kappa shape index (κ1) is 19.2. The van der Waals surface area contributed by atoms with Gasteiger partial charge in [0.1, 0.15) is 0 Å². The Hall–Kier alpha value is -3.11. The molecule has 148 valence electrons. The second kappa shape index (κ2) is 8.10. The number of nitrogens with zero attached hydrogens (tertiary/aromatic N) is 2. The van der Waals surface area contributed by atoms with E-state index in [4.69, 9.17) is 5.26 Å². The van der Waals surface area contributed by atoms with Crippen molar-refractivity contribution < 1.29 is 9.00 Å². The number of benzene rings is 2. The number of nitriles is 1. The molecule has 29 heavy (non-hydrogen) atoms. The molecule has 2 aromatic carbocycles. The fourth-order valence-corrected chi connectivity index (χ4v) is 5.08. The van der Waals surface area contributed by atoms with Gasteiger partial charge in [0.2, 0.25) is 6.19 Å². The summed E-state index contributed by atoms with van der Waals surface area (Å²) in [5.74, 6) is 0. The smallest absolute Gasteiger partial charge is 0.307 e. The Morgan fingerprint density at radius 2 is 1.72 bits per heavy atom. The first-order chi connectivity index (χ1) is 14.1. The molecule has 0 aliphatic heterocycles. The van der Waals surface area contributed by atoms with E-state index in [0.29, 0.717) is 0 Å². The number of amides is 2. The molecule has 0 saturated heterocycles. The number of hydrogen-bond acceptors (Lipinski definition) is 4. The van der Waals surface area contributed by atoms with Crippen LogP contribution in [0.2, 0.25) is 0 Å². The molecule has 2 aromatic rings. The molecule has 0 spiro atoms. The van der Waals surface area contributed by atoms with Crippen LogP contribution in [0.4, 0.5) is 10.5 Å². The van der Waals surface area contributed by atoms with Crippen molar-refractivity contribution in [2.24, 2.45) is 4.36 Å². The molecule has 2 aliphatic rings. The minimum atomic E-state index is -3.36. The minimum Gasteiger partial charge on any atom is -0.307 e. The zero-order valence-corrected chi connectivity index (χ0v) is 16.8. The van der Waals surface area contributed by atoms with Gasteiger partial charge in [-0.15, -0.1) is 0 Å².